The van der Waals surface area contributed by atoms with Crippen LogP contribution in [0.25, 0.3) is 0 Å². The summed E-state index contributed by atoms with van der Waals surface area (Å²) < 4.78 is 0.966. The van der Waals surface area contributed by atoms with Crippen LogP contribution in [0.2, 0.25) is 5.02 Å². The van der Waals surface area contributed by atoms with Crippen molar-refractivity contribution >= 4 is 27.5 Å². The molecule has 0 aliphatic heterocycles. The van der Waals surface area contributed by atoms with Gasteiger partial charge >= 0.3 is 0 Å². The third-order valence-electron chi connectivity index (χ3n) is 4.13. The number of hydrogen-bond acceptors (Lipinski definition) is 3. The van der Waals surface area contributed by atoms with Gasteiger partial charge in [-0.05, 0) is 36.5 Å². The van der Waals surface area contributed by atoms with Crippen molar-refractivity contribution in [1.29, 1.82) is 0 Å². The van der Waals surface area contributed by atoms with Gasteiger partial charge in [0.25, 0.3) is 0 Å². The molecule has 1 aromatic rings. The number of hydrogen-bond donors (Lipinski definition) is 3. The molecule has 5 heteroatoms. The summed E-state index contributed by atoms with van der Waals surface area (Å²) in [6.45, 7) is 0.735. The molecule has 4 N–H and O–H groups in total. The Morgan fingerprint density at radius 2 is 2.15 bits per heavy atom. The molecule has 2 rings (SSSR count). The lowest BCUT2D eigenvalue weighted by molar-refractivity contribution is 0.146. The Morgan fingerprint density at radius 3 is 2.80 bits per heavy atom. The van der Waals surface area contributed by atoms with E-state index in [0.717, 1.165) is 27.9 Å². The van der Waals surface area contributed by atoms with E-state index in [1.807, 2.05) is 18.2 Å². The molecule has 1 aliphatic carbocycles. The third-order valence-corrected chi connectivity index (χ3v) is 4.95. The highest BCUT2D eigenvalue weighted by Gasteiger charge is 2.27. The fourth-order valence-electron chi connectivity index (χ4n) is 2.97. The molecule has 112 valence electrons. The zero-order chi connectivity index (χ0) is 14.5. The van der Waals surface area contributed by atoms with Crippen LogP contribution in [0.3, 0.4) is 0 Å². The van der Waals surface area contributed by atoms with E-state index in [2.05, 4.69) is 21.2 Å². The fraction of sp³-hybridized carbons (Fsp3) is 0.600. The largest absolute Gasteiger partial charge is 0.396 e. The van der Waals surface area contributed by atoms with Gasteiger partial charge in [-0.15, -0.1) is 0 Å². The number of aliphatic hydroxyl groups is 1. The van der Waals surface area contributed by atoms with Gasteiger partial charge in [0.05, 0.1) is 0 Å². The summed E-state index contributed by atoms with van der Waals surface area (Å²) in [6, 6.07) is 6.24. The van der Waals surface area contributed by atoms with Gasteiger partial charge in [-0.2, -0.15) is 0 Å². The topological polar surface area (TPSA) is 58.3 Å². The summed E-state index contributed by atoms with van der Waals surface area (Å²) in [5.74, 6) is 0.326. The molecular formula is C15H22BrClN2O. The maximum absolute atomic E-state index is 9.51. The molecule has 0 radical (unpaired) electrons. The standard InChI is InChI=1S/C15H22BrClN2O/c16-11-5-6-12(13(17)7-11)15(8-18)19-14-4-2-1-3-10(14)9-20/h5-7,10,14-15,19-20H,1-4,8-9,18H2. The molecule has 3 nitrogen and oxygen atoms in total. The van der Waals surface area contributed by atoms with Crippen molar-refractivity contribution in [2.24, 2.45) is 11.7 Å². The summed E-state index contributed by atoms with van der Waals surface area (Å²) in [4.78, 5) is 0. The predicted octanol–water partition coefficient (Wildman–Crippen LogP) is 3.24. The molecule has 3 unspecified atom stereocenters. The van der Waals surface area contributed by atoms with Crippen LogP contribution in [0.15, 0.2) is 22.7 Å². The molecule has 1 aromatic carbocycles. The minimum absolute atomic E-state index is 0.0350. The summed E-state index contributed by atoms with van der Waals surface area (Å²) in [5.41, 5.74) is 6.95. The van der Waals surface area contributed by atoms with E-state index >= 15 is 0 Å². The number of nitrogens with one attached hydrogen (secondary N) is 1. The second-order valence-electron chi connectivity index (χ2n) is 5.45. The van der Waals surface area contributed by atoms with E-state index in [-0.39, 0.29) is 12.6 Å². The highest BCUT2D eigenvalue weighted by Crippen LogP contribution is 2.30. The minimum Gasteiger partial charge on any atom is -0.396 e. The van der Waals surface area contributed by atoms with E-state index in [0.29, 0.717) is 18.5 Å². The Labute approximate surface area is 134 Å². The number of benzene rings is 1. The quantitative estimate of drug-likeness (QED) is 0.754. The maximum atomic E-state index is 9.51. The third kappa shape index (κ3) is 3.95. The molecule has 1 aliphatic rings. The lowest BCUT2D eigenvalue weighted by Gasteiger charge is -2.34. The minimum atomic E-state index is 0.0350. The summed E-state index contributed by atoms with van der Waals surface area (Å²) in [5, 5.41) is 13.8. The van der Waals surface area contributed by atoms with Gasteiger partial charge in [0, 0.05) is 34.7 Å². The second-order valence-corrected chi connectivity index (χ2v) is 6.78. The Morgan fingerprint density at radius 1 is 1.40 bits per heavy atom. The number of nitrogens with two attached hydrogens (primary N) is 1. The van der Waals surface area contributed by atoms with Crippen molar-refractivity contribution in [3.05, 3.63) is 33.3 Å². The van der Waals surface area contributed by atoms with Gasteiger partial charge in [0.2, 0.25) is 0 Å². The van der Waals surface area contributed by atoms with Crippen molar-refractivity contribution < 1.29 is 5.11 Å². The highest BCUT2D eigenvalue weighted by atomic mass is 79.9. The predicted molar refractivity (Wildman–Crippen MR) is 86.9 cm³/mol. The van der Waals surface area contributed by atoms with Crippen molar-refractivity contribution in [3.8, 4) is 0 Å². The molecule has 0 spiro atoms. The Hall–Kier alpha value is -0.130. The van der Waals surface area contributed by atoms with E-state index in [4.69, 9.17) is 17.3 Å². The molecule has 0 amide bonds. The smallest absolute Gasteiger partial charge is 0.0474 e. The molecule has 0 saturated heterocycles. The first kappa shape index (κ1) is 16.2. The second kappa shape index (κ2) is 7.76. The van der Waals surface area contributed by atoms with Crippen LogP contribution in [-0.2, 0) is 0 Å². The van der Waals surface area contributed by atoms with E-state index in [1.165, 1.54) is 12.8 Å². The lowest BCUT2D eigenvalue weighted by atomic mass is 9.84. The van der Waals surface area contributed by atoms with Gasteiger partial charge in [0.1, 0.15) is 0 Å². The van der Waals surface area contributed by atoms with Crippen LogP contribution in [0.1, 0.15) is 37.3 Å². The Balaban J connectivity index is 2.11. The normalized spacial score (nSPS) is 24.6. The van der Waals surface area contributed by atoms with Gasteiger partial charge in [-0.25, -0.2) is 0 Å². The summed E-state index contributed by atoms with van der Waals surface area (Å²) in [7, 11) is 0. The average Bonchev–Trinajstić information content (AvgIpc) is 2.46. The first-order valence-electron chi connectivity index (χ1n) is 7.17. The number of rotatable bonds is 5. The molecule has 3 atom stereocenters. The van der Waals surface area contributed by atoms with Gasteiger partial charge in [-0.1, -0.05) is 46.4 Å². The summed E-state index contributed by atoms with van der Waals surface area (Å²) in [6.07, 6.45) is 4.59. The average molecular weight is 362 g/mol. The van der Waals surface area contributed by atoms with E-state index in [1.54, 1.807) is 0 Å². The van der Waals surface area contributed by atoms with Crippen molar-refractivity contribution in [2.75, 3.05) is 13.2 Å². The van der Waals surface area contributed by atoms with Crippen LogP contribution >= 0.6 is 27.5 Å². The monoisotopic (exact) mass is 360 g/mol. The first-order chi connectivity index (χ1) is 9.65. The van der Waals surface area contributed by atoms with Crippen LogP contribution in [-0.4, -0.2) is 24.3 Å². The van der Waals surface area contributed by atoms with Crippen molar-refractivity contribution in [1.82, 2.24) is 5.32 Å². The zero-order valence-electron chi connectivity index (χ0n) is 11.5. The van der Waals surface area contributed by atoms with E-state index in [9.17, 15) is 5.11 Å². The first-order valence-corrected chi connectivity index (χ1v) is 8.34. The van der Waals surface area contributed by atoms with E-state index < -0.39 is 0 Å². The van der Waals surface area contributed by atoms with Gasteiger partial charge < -0.3 is 16.2 Å². The number of halogens is 2. The molecule has 20 heavy (non-hydrogen) atoms. The molecule has 0 aromatic heterocycles. The molecule has 0 heterocycles. The Kier molecular flexibility index (Phi) is 6.30. The van der Waals surface area contributed by atoms with Crippen LogP contribution in [0.5, 0.6) is 0 Å². The summed E-state index contributed by atoms with van der Waals surface area (Å²) >= 11 is 9.73. The lowest BCUT2D eigenvalue weighted by Crippen LogP contribution is -2.44. The number of aliphatic hydroxyl groups excluding tert-OH is 1. The van der Waals surface area contributed by atoms with Crippen LogP contribution in [0, 0.1) is 5.92 Å². The SMILES string of the molecule is NCC(NC1CCCCC1CO)c1ccc(Br)cc1Cl. The molecule has 1 fully saturated rings. The Bertz CT molecular complexity index is 444. The van der Waals surface area contributed by atoms with Gasteiger partial charge in [-0.3, -0.25) is 0 Å². The molecule has 1 saturated carbocycles. The van der Waals surface area contributed by atoms with Crippen LogP contribution < -0.4 is 11.1 Å². The molecular weight excluding hydrogens is 340 g/mol. The highest BCUT2D eigenvalue weighted by molar-refractivity contribution is 9.10. The molecule has 0 bridgehead atoms. The van der Waals surface area contributed by atoms with Crippen molar-refractivity contribution in [3.63, 3.8) is 0 Å². The maximum Gasteiger partial charge on any atom is 0.0474 e. The van der Waals surface area contributed by atoms with Crippen LogP contribution in [0.4, 0.5) is 0 Å². The van der Waals surface area contributed by atoms with Crippen molar-refractivity contribution in [2.45, 2.75) is 37.8 Å². The van der Waals surface area contributed by atoms with Gasteiger partial charge in [0.15, 0.2) is 0 Å². The zero-order valence-corrected chi connectivity index (χ0v) is 13.8. The fourth-order valence-corrected chi connectivity index (χ4v) is 3.78.